The second-order valence-electron chi connectivity index (χ2n) is 14.9. The van der Waals surface area contributed by atoms with Crippen LogP contribution >= 0.6 is 0 Å². The molecule has 1 saturated heterocycles. The molecule has 1 heterocycles. The lowest BCUT2D eigenvalue weighted by Gasteiger charge is -2.20. The Bertz CT molecular complexity index is 826. The Morgan fingerprint density at radius 2 is 0.922 bits per heavy atom. The van der Waals surface area contributed by atoms with Crippen LogP contribution in [-0.2, 0) is 14.3 Å². The van der Waals surface area contributed by atoms with E-state index in [2.05, 4.69) is 62.5 Å². The van der Waals surface area contributed by atoms with Gasteiger partial charge in [0.25, 0.3) is 0 Å². The average molecular weight is 714 g/mol. The van der Waals surface area contributed by atoms with E-state index >= 15 is 0 Å². The number of unbranched alkanes of at least 4 members (excludes halogenated alkanes) is 18. The van der Waals surface area contributed by atoms with Crippen LogP contribution in [0, 0.1) is 11.8 Å². The van der Waals surface area contributed by atoms with E-state index in [1.165, 1.54) is 128 Å². The molecule has 0 aromatic heterocycles. The molecule has 1 aliphatic rings. The number of hydrogen-bond donors (Lipinski definition) is 2. The Morgan fingerprint density at radius 1 is 0.569 bits per heavy atom. The van der Waals surface area contributed by atoms with Crippen LogP contribution in [0.25, 0.3) is 0 Å². The summed E-state index contributed by atoms with van der Waals surface area (Å²) in [5.41, 5.74) is 11.7. The van der Waals surface area contributed by atoms with Gasteiger partial charge in [0.1, 0.15) is 0 Å². The topological polar surface area (TPSA) is 90.8 Å². The number of nitrogens with two attached hydrogens (primary N) is 2. The number of nitrogens with zero attached hydrogens (tertiary/aromatic N) is 1. The molecule has 0 aliphatic carbocycles. The number of likely N-dealkylation sites (tertiary alicyclic amines) is 1. The van der Waals surface area contributed by atoms with Crippen LogP contribution in [0.15, 0.2) is 48.6 Å². The molecule has 0 radical (unpaired) electrons. The van der Waals surface area contributed by atoms with Crippen molar-refractivity contribution < 1.29 is 14.3 Å². The Morgan fingerprint density at radius 3 is 1.29 bits per heavy atom. The summed E-state index contributed by atoms with van der Waals surface area (Å²) in [7, 11) is 0. The van der Waals surface area contributed by atoms with E-state index in [1.54, 1.807) is 0 Å². The quantitative estimate of drug-likeness (QED) is 0.0498. The number of rotatable bonds is 36. The molecule has 1 rings (SSSR count). The molecule has 6 nitrogen and oxygen atoms in total. The van der Waals surface area contributed by atoms with Crippen LogP contribution in [0.5, 0.6) is 0 Å². The van der Waals surface area contributed by atoms with Crippen molar-refractivity contribution >= 4 is 5.91 Å². The molecule has 4 N–H and O–H groups in total. The predicted octanol–water partition coefficient (Wildman–Crippen LogP) is 11.0. The van der Waals surface area contributed by atoms with Gasteiger partial charge in [-0.25, -0.2) is 0 Å². The first kappa shape index (κ1) is 47.3. The van der Waals surface area contributed by atoms with Gasteiger partial charge in [-0.2, -0.15) is 0 Å². The van der Waals surface area contributed by atoms with Crippen LogP contribution < -0.4 is 11.5 Å². The van der Waals surface area contributed by atoms with E-state index in [4.69, 9.17) is 20.9 Å². The molecule has 0 aromatic rings. The molecular formula is C45H83N3O3. The van der Waals surface area contributed by atoms with E-state index in [1.807, 2.05) is 4.90 Å². The van der Waals surface area contributed by atoms with E-state index in [-0.39, 0.29) is 12.5 Å². The highest BCUT2D eigenvalue weighted by Crippen LogP contribution is 2.25. The molecule has 1 aliphatic heterocycles. The number of hydrogen-bond acceptors (Lipinski definition) is 5. The molecule has 0 saturated carbocycles. The van der Waals surface area contributed by atoms with E-state index in [0.717, 1.165) is 38.9 Å². The van der Waals surface area contributed by atoms with Gasteiger partial charge in [-0.15, -0.1) is 0 Å². The molecule has 296 valence electrons. The zero-order valence-corrected chi connectivity index (χ0v) is 33.6. The second kappa shape index (κ2) is 36.6. The van der Waals surface area contributed by atoms with E-state index in [9.17, 15) is 4.79 Å². The molecule has 0 spiro atoms. The second-order valence-corrected chi connectivity index (χ2v) is 14.9. The van der Waals surface area contributed by atoms with Gasteiger partial charge in [-0.1, -0.05) is 140 Å². The van der Waals surface area contributed by atoms with Gasteiger partial charge in [0.2, 0.25) is 5.91 Å². The first-order valence-corrected chi connectivity index (χ1v) is 21.6. The summed E-state index contributed by atoms with van der Waals surface area (Å²) < 4.78 is 12.3. The molecule has 0 aromatic carbocycles. The van der Waals surface area contributed by atoms with Crippen LogP contribution in [0.3, 0.4) is 0 Å². The third-order valence-electron chi connectivity index (χ3n) is 10.1. The fourth-order valence-corrected chi connectivity index (χ4v) is 6.69. The van der Waals surface area contributed by atoms with Crippen LogP contribution in [-0.4, -0.2) is 62.9 Å². The maximum absolute atomic E-state index is 12.8. The number of carbonyl (C=O) groups is 1. The third kappa shape index (κ3) is 28.4. The van der Waals surface area contributed by atoms with Gasteiger partial charge in [0.05, 0.1) is 19.3 Å². The minimum absolute atomic E-state index is 0.0414. The third-order valence-corrected chi connectivity index (χ3v) is 10.1. The predicted molar refractivity (Wildman–Crippen MR) is 221 cm³/mol. The fourth-order valence-electron chi connectivity index (χ4n) is 6.69. The number of carbonyl (C=O) groups excluding carboxylic acids is 1. The summed E-state index contributed by atoms with van der Waals surface area (Å²) in [6.07, 6.45) is 48.6. The van der Waals surface area contributed by atoms with Gasteiger partial charge < -0.3 is 25.8 Å². The fraction of sp³-hybridized carbons (Fsp3) is 0.800. The maximum Gasteiger partial charge on any atom is 0.240 e. The van der Waals surface area contributed by atoms with Crippen molar-refractivity contribution in [3.63, 3.8) is 0 Å². The summed E-state index contributed by atoms with van der Waals surface area (Å²) in [5, 5.41) is 0. The Labute approximate surface area is 316 Å². The summed E-state index contributed by atoms with van der Waals surface area (Å²) in [5.74, 6) is 0.541. The van der Waals surface area contributed by atoms with Crippen molar-refractivity contribution in [2.75, 3.05) is 46.1 Å². The molecule has 6 heteroatoms. The summed E-state index contributed by atoms with van der Waals surface area (Å²) in [4.78, 5) is 14.7. The van der Waals surface area contributed by atoms with Gasteiger partial charge in [0, 0.05) is 44.7 Å². The zero-order chi connectivity index (χ0) is 36.9. The first-order valence-electron chi connectivity index (χ1n) is 21.6. The molecular weight excluding hydrogens is 631 g/mol. The number of amides is 1. The molecule has 3 atom stereocenters. The highest BCUT2D eigenvalue weighted by molar-refractivity contribution is 5.82. The minimum Gasteiger partial charge on any atom is -0.381 e. The van der Waals surface area contributed by atoms with Crippen molar-refractivity contribution in [1.82, 2.24) is 4.90 Å². The SMILES string of the molecule is CCCCCC=CCC=CCCCCCCCCOC[C@@H]1CN(C(=O)[C@@H](N)CN)C[C@H]1COCCCCCCCCC=CCC=CCCCCC. The van der Waals surface area contributed by atoms with Crippen LogP contribution in [0.4, 0.5) is 0 Å². The average Bonchev–Trinajstić information content (AvgIpc) is 3.55. The Balaban J connectivity index is 2.12. The van der Waals surface area contributed by atoms with Crippen molar-refractivity contribution in [2.45, 2.75) is 174 Å². The standard InChI is InChI=1S/C45H83N3O3/c1-3-5-7-9-11-13-15-17-19-21-23-25-27-29-31-33-35-50-40-42-38-48(45(49)44(47)37-46)39-43(42)41-51-36-34-32-30-28-26-24-22-20-18-16-14-12-10-8-6-4-2/h11-14,17-20,42-44H,3-10,15-16,21-41,46-47H2,1-2H3/t42-,43-,44-/m0/s1. The maximum atomic E-state index is 12.8. The first-order chi connectivity index (χ1) is 25.1. The lowest BCUT2D eigenvalue weighted by molar-refractivity contribution is -0.131. The summed E-state index contributed by atoms with van der Waals surface area (Å²) >= 11 is 0. The van der Waals surface area contributed by atoms with Gasteiger partial charge in [0.15, 0.2) is 0 Å². The monoisotopic (exact) mass is 714 g/mol. The largest absolute Gasteiger partial charge is 0.381 e. The van der Waals surface area contributed by atoms with Gasteiger partial charge in [-0.3, -0.25) is 4.79 Å². The van der Waals surface area contributed by atoms with Gasteiger partial charge in [-0.05, 0) is 77.0 Å². The number of ether oxygens (including phenoxy) is 2. The van der Waals surface area contributed by atoms with E-state index in [0.29, 0.717) is 38.1 Å². The normalized spacial score (nSPS) is 17.4. The molecule has 0 unspecified atom stereocenters. The lowest BCUT2D eigenvalue weighted by Crippen LogP contribution is -2.47. The van der Waals surface area contributed by atoms with Crippen molar-refractivity contribution in [3.05, 3.63) is 48.6 Å². The highest BCUT2D eigenvalue weighted by atomic mass is 16.5. The zero-order valence-electron chi connectivity index (χ0n) is 33.6. The van der Waals surface area contributed by atoms with Gasteiger partial charge >= 0.3 is 0 Å². The Hall–Kier alpha value is -1.73. The Kier molecular flexibility index (Phi) is 34.0. The molecule has 1 fully saturated rings. The summed E-state index contributed by atoms with van der Waals surface area (Å²) in [6, 6.07) is -0.622. The lowest BCUT2D eigenvalue weighted by atomic mass is 9.98. The van der Waals surface area contributed by atoms with Crippen molar-refractivity contribution in [2.24, 2.45) is 23.3 Å². The summed E-state index contributed by atoms with van der Waals surface area (Å²) in [6.45, 7) is 9.02. The van der Waals surface area contributed by atoms with Crippen molar-refractivity contribution in [1.29, 1.82) is 0 Å². The minimum atomic E-state index is -0.622. The van der Waals surface area contributed by atoms with Crippen LogP contribution in [0.1, 0.15) is 168 Å². The number of allylic oxidation sites excluding steroid dienone is 8. The molecule has 51 heavy (non-hydrogen) atoms. The smallest absolute Gasteiger partial charge is 0.240 e. The van der Waals surface area contributed by atoms with E-state index < -0.39 is 6.04 Å². The van der Waals surface area contributed by atoms with Crippen LogP contribution in [0.2, 0.25) is 0 Å². The highest BCUT2D eigenvalue weighted by Gasteiger charge is 2.36. The molecule has 0 bridgehead atoms. The molecule has 1 amide bonds. The van der Waals surface area contributed by atoms with Crippen molar-refractivity contribution in [3.8, 4) is 0 Å².